The number of aliphatic imine (C=N–C) groups is 2. The summed E-state index contributed by atoms with van der Waals surface area (Å²) in [7, 11) is 5.94. The fraction of sp³-hybridized carbons (Fsp3) is 0.625. The Hall–Kier alpha value is -1.63. The van der Waals surface area contributed by atoms with Gasteiger partial charge in [-0.25, -0.2) is 9.58 Å². The predicted octanol–water partition coefficient (Wildman–Crippen LogP) is -1.91. The van der Waals surface area contributed by atoms with Gasteiger partial charge < -0.3 is 5.73 Å². The van der Waals surface area contributed by atoms with Crippen molar-refractivity contribution in [3.63, 3.8) is 0 Å². The number of quaternary nitrogens is 1. The van der Waals surface area contributed by atoms with Crippen molar-refractivity contribution in [1.82, 2.24) is 10.3 Å². The van der Waals surface area contributed by atoms with Crippen LogP contribution in [0.1, 0.15) is 0 Å². The molecule has 0 radical (unpaired) electrons. The van der Waals surface area contributed by atoms with Crippen LogP contribution < -0.4 is 11.1 Å². The van der Waals surface area contributed by atoms with E-state index in [0.29, 0.717) is 4.59 Å². The molecule has 7 heteroatoms. The van der Waals surface area contributed by atoms with Crippen molar-refractivity contribution in [1.29, 1.82) is 0 Å². The van der Waals surface area contributed by atoms with Crippen molar-refractivity contribution in [2.45, 2.75) is 12.2 Å². The molecule has 0 saturated heterocycles. The van der Waals surface area contributed by atoms with Crippen LogP contribution in [0.5, 0.6) is 0 Å². The quantitative estimate of drug-likeness (QED) is 0.496. The first-order valence-electron chi connectivity index (χ1n) is 4.67. The Morgan fingerprint density at radius 1 is 1.53 bits per heavy atom. The van der Waals surface area contributed by atoms with Crippen molar-refractivity contribution in [2.75, 3.05) is 21.1 Å². The molecule has 0 fully saturated rings. The summed E-state index contributed by atoms with van der Waals surface area (Å²) in [4.78, 5) is 19.9. The SMILES string of the molecule is C[N+](C)(C)N1C=NC2C(=O)NC(N)=NC21. The lowest BCUT2D eigenvalue weighted by molar-refractivity contribution is -0.974. The van der Waals surface area contributed by atoms with Gasteiger partial charge in [0, 0.05) is 0 Å². The van der Waals surface area contributed by atoms with Crippen LogP contribution in [0.3, 0.4) is 0 Å². The molecule has 0 aromatic carbocycles. The number of nitrogens with zero attached hydrogens (tertiary/aromatic N) is 4. The Balaban J connectivity index is 2.32. The number of amides is 1. The zero-order valence-corrected chi connectivity index (χ0v) is 9.01. The lowest BCUT2D eigenvalue weighted by atomic mass is 10.2. The normalized spacial score (nSPS) is 29.9. The largest absolute Gasteiger partial charge is 0.370 e. The monoisotopic (exact) mass is 211 g/mol. The molecule has 3 N–H and O–H groups in total. The number of fused-ring (bicyclic) bond motifs is 1. The van der Waals surface area contributed by atoms with E-state index in [1.165, 1.54) is 0 Å². The number of rotatable bonds is 1. The van der Waals surface area contributed by atoms with Crippen molar-refractivity contribution < 1.29 is 9.39 Å². The summed E-state index contributed by atoms with van der Waals surface area (Å²) in [6.45, 7) is 0. The van der Waals surface area contributed by atoms with Gasteiger partial charge in [-0.3, -0.25) is 15.1 Å². The fourth-order valence-electron chi connectivity index (χ4n) is 1.65. The van der Waals surface area contributed by atoms with Crippen molar-refractivity contribution in [3.05, 3.63) is 0 Å². The molecular formula is C8H15N6O+. The topological polar surface area (TPSA) is 83.1 Å². The number of hydrogen-bond donors (Lipinski definition) is 2. The highest BCUT2D eigenvalue weighted by molar-refractivity contribution is 6.02. The molecule has 1 amide bonds. The molecule has 82 valence electrons. The maximum atomic E-state index is 11.5. The molecule has 2 aliphatic rings. The highest BCUT2D eigenvalue weighted by atomic mass is 16.2. The molecule has 2 heterocycles. The van der Waals surface area contributed by atoms with Gasteiger partial charge in [-0.15, -0.1) is 0 Å². The Kier molecular flexibility index (Phi) is 1.93. The van der Waals surface area contributed by atoms with E-state index in [2.05, 4.69) is 15.3 Å². The van der Waals surface area contributed by atoms with E-state index in [4.69, 9.17) is 5.73 Å². The second-order valence-electron chi connectivity index (χ2n) is 4.45. The summed E-state index contributed by atoms with van der Waals surface area (Å²) in [6.07, 6.45) is 1.33. The van der Waals surface area contributed by atoms with E-state index >= 15 is 0 Å². The van der Waals surface area contributed by atoms with Gasteiger partial charge in [0.05, 0.1) is 21.1 Å². The van der Waals surface area contributed by atoms with Crippen molar-refractivity contribution in [2.24, 2.45) is 15.7 Å². The van der Waals surface area contributed by atoms with Gasteiger partial charge in [-0.05, 0) is 0 Å². The second-order valence-corrected chi connectivity index (χ2v) is 4.45. The number of carbonyl (C=O) groups is 1. The molecule has 0 bridgehead atoms. The van der Waals surface area contributed by atoms with Gasteiger partial charge >= 0.3 is 0 Å². The van der Waals surface area contributed by atoms with Crippen LogP contribution in [0.2, 0.25) is 0 Å². The smallest absolute Gasteiger partial charge is 0.255 e. The van der Waals surface area contributed by atoms with Crippen LogP contribution in [0.25, 0.3) is 0 Å². The second kappa shape index (κ2) is 2.93. The third kappa shape index (κ3) is 1.54. The summed E-state index contributed by atoms with van der Waals surface area (Å²) < 4.78 is 0.523. The average molecular weight is 211 g/mol. The van der Waals surface area contributed by atoms with E-state index in [-0.39, 0.29) is 18.0 Å². The van der Waals surface area contributed by atoms with E-state index < -0.39 is 6.04 Å². The van der Waals surface area contributed by atoms with Crippen LogP contribution in [0.15, 0.2) is 9.98 Å². The van der Waals surface area contributed by atoms with Crippen molar-refractivity contribution >= 4 is 18.2 Å². The summed E-state index contributed by atoms with van der Waals surface area (Å²) in [6, 6.07) is -0.477. The maximum Gasteiger partial charge on any atom is 0.255 e. The van der Waals surface area contributed by atoms with Crippen LogP contribution in [0, 0.1) is 0 Å². The lowest BCUT2D eigenvalue weighted by Gasteiger charge is -2.37. The number of hydrogen-bond acceptors (Lipinski definition) is 5. The Bertz CT molecular complexity index is 355. The molecule has 0 spiro atoms. The van der Waals surface area contributed by atoms with Crippen LogP contribution in [0.4, 0.5) is 0 Å². The third-order valence-electron chi connectivity index (χ3n) is 2.38. The Morgan fingerprint density at radius 3 is 2.80 bits per heavy atom. The zero-order valence-electron chi connectivity index (χ0n) is 9.01. The van der Waals surface area contributed by atoms with E-state index in [9.17, 15) is 4.79 Å². The first-order chi connectivity index (χ1) is 6.89. The third-order valence-corrected chi connectivity index (χ3v) is 2.38. The van der Waals surface area contributed by atoms with E-state index in [1.807, 2.05) is 26.2 Å². The van der Waals surface area contributed by atoms with Crippen LogP contribution >= 0.6 is 0 Å². The minimum Gasteiger partial charge on any atom is -0.370 e. The molecule has 0 aromatic heterocycles. The molecular weight excluding hydrogens is 196 g/mol. The lowest BCUT2D eigenvalue weighted by Crippen LogP contribution is -2.60. The molecule has 2 unspecified atom stereocenters. The summed E-state index contributed by atoms with van der Waals surface area (Å²) >= 11 is 0. The van der Waals surface area contributed by atoms with Gasteiger partial charge in [0.15, 0.2) is 12.0 Å². The predicted molar refractivity (Wildman–Crippen MR) is 55.7 cm³/mol. The van der Waals surface area contributed by atoms with Crippen molar-refractivity contribution in [3.8, 4) is 0 Å². The van der Waals surface area contributed by atoms with Gasteiger partial charge in [0.1, 0.15) is 6.34 Å². The number of carbonyl (C=O) groups excluding carboxylic acids is 1. The number of nitrogens with one attached hydrogen (secondary N) is 1. The van der Waals surface area contributed by atoms with Crippen LogP contribution in [-0.2, 0) is 4.79 Å². The maximum absolute atomic E-state index is 11.5. The first kappa shape index (κ1) is 9.91. The highest BCUT2D eigenvalue weighted by Gasteiger charge is 2.44. The first-order valence-corrected chi connectivity index (χ1v) is 4.67. The average Bonchev–Trinajstić information content (AvgIpc) is 2.45. The summed E-state index contributed by atoms with van der Waals surface area (Å²) in [5, 5.41) is 4.35. The standard InChI is InChI=1S/C8H14N6O/c1-14(2,3)13-4-10-5-6(13)11-8(9)12-7(5)15/h4-6H,1-3H3,(H2-,9,11,12,15)/p+1. The van der Waals surface area contributed by atoms with E-state index in [1.54, 1.807) is 6.34 Å². The van der Waals surface area contributed by atoms with E-state index in [0.717, 1.165) is 0 Å². The molecule has 2 atom stereocenters. The molecule has 0 saturated carbocycles. The summed E-state index contributed by atoms with van der Waals surface area (Å²) in [5.41, 5.74) is 5.52. The molecule has 7 nitrogen and oxygen atoms in total. The van der Waals surface area contributed by atoms with Gasteiger partial charge in [0.25, 0.3) is 5.91 Å². The number of nitrogens with two attached hydrogens (primary N) is 1. The van der Waals surface area contributed by atoms with Gasteiger partial charge in [-0.2, -0.15) is 5.01 Å². The molecule has 0 aromatic rings. The molecule has 15 heavy (non-hydrogen) atoms. The number of guanidine groups is 1. The minimum atomic E-state index is -0.477. The van der Waals surface area contributed by atoms with Gasteiger partial charge in [-0.1, -0.05) is 0 Å². The Labute approximate surface area is 87.8 Å². The fourth-order valence-corrected chi connectivity index (χ4v) is 1.65. The molecule has 2 rings (SSSR count). The zero-order chi connectivity index (χ0) is 11.2. The molecule has 2 aliphatic heterocycles. The molecule has 0 aliphatic carbocycles. The summed E-state index contributed by atoms with van der Waals surface area (Å²) in [5.74, 6) is -0.0371. The van der Waals surface area contributed by atoms with Gasteiger partial charge in [0.2, 0.25) is 6.17 Å². The minimum absolute atomic E-state index is 0.158. The Morgan fingerprint density at radius 2 is 2.20 bits per heavy atom. The highest BCUT2D eigenvalue weighted by Crippen LogP contribution is 2.21. The van der Waals surface area contributed by atoms with Crippen LogP contribution in [-0.4, -0.2) is 61.2 Å².